The zero-order chi connectivity index (χ0) is 46.1. The van der Waals surface area contributed by atoms with E-state index in [1.54, 1.807) is 6.20 Å². The van der Waals surface area contributed by atoms with E-state index in [9.17, 15) is 0 Å². The summed E-state index contributed by atoms with van der Waals surface area (Å²) in [5, 5.41) is 12.1. The predicted molar refractivity (Wildman–Crippen MR) is 290 cm³/mol. The van der Waals surface area contributed by atoms with E-state index in [2.05, 4.69) is 120 Å². The van der Waals surface area contributed by atoms with Crippen molar-refractivity contribution in [3.8, 4) is 22.4 Å². The van der Waals surface area contributed by atoms with Gasteiger partial charge in [0.25, 0.3) is 0 Å². The summed E-state index contributed by atoms with van der Waals surface area (Å²) in [5.41, 5.74) is 7.53. The van der Waals surface area contributed by atoms with E-state index in [0.717, 1.165) is 109 Å². The van der Waals surface area contributed by atoms with Gasteiger partial charge in [-0.25, -0.2) is 4.98 Å². The quantitative estimate of drug-likeness (QED) is 0.112. The van der Waals surface area contributed by atoms with Crippen molar-refractivity contribution in [2.24, 2.45) is 0 Å². The largest absolute Gasteiger partial charge is 0.309 e. The Morgan fingerprint density at radius 1 is 0.362 bits per heavy atom. The summed E-state index contributed by atoms with van der Waals surface area (Å²) in [6.45, 7) is 0. The van der Waals surface area contributed by atoms with Crippen molar-refractivity contribution < 1.29 is 9.13 Å². The second-order valence-corrected chi connectivity index (χ2v) is 23.1. The molecule has 3 heterocycles. The molecule has 0 bridgehead atoms. The molecule has 0 spiro atoms. The van der Waals surface area contributed by atoms with E-state index >= 15 is 9.13 Å². The highest BCUT2D eigenvalue weighted by Crippen LogP contribution is 2.47. The van der Waals surface area contributed by atoms with Crippen molar-refractivity contribution in [1.82, 2.24) is 14.4 Å². The van der Waals surface area contributed by atoms with E-state index in [4.69, 9.17) is 9.97 Å². The lowest BCUT2D eigenvalue weighted by Crippen LogP contribution is -2.25. The number of fused-ring (bicyclic) bond motifs is 10. The van der Waals surface area contributed by atoms with Gasteiger partial charge in [-0.2, -0.15) is 0 Å². The minimum Gasteiger partial charge on any atom is -0.309 e. The number of rotatable bonds is 8. The highest BCUT2D eigenvalue weighted by atomic mass is 31.2. The Hall–Kier alpha value is -8.20. The van der Waals surface area contributed by atoms with Crippen LogP contribution in [0.5, 0.6) is 0 Å². The third-order valence-electron chi connectivity index (χ3n) is 13.8. The maximum atomic E-state index is 15.7. The minimum absolute atomic E-state index is 0.679. The maximum Gasteiger partial charge on any atom is 0.172 e. The average molecular weight is 922 g/mol. The minimum atomic E-state index is -3.28. The third-order valence-corrected chi connectivity index (χ3v) is 19.9. The SMILES string of the molecule is O=P(c1ccccc1)(c1ccc(-c2ccc3c4ccccc4c4nc5ccc(-c6ccc(P(=O)(c7ccccc7)c7ccccc7)c7ccccc67)cc5n4c3c2)nc1)c1ccc2ccccc2c1. The summed E-state index contributed by atoms with van der Waals surface area (Å²) in [6, 6.07) is 81.8. The Balaban J connectivity index is 0.966. The van der Waals surface area contributed by atoms with Crippen molar-refractivity contribution in [2.75, 3.05) is 0 Å². The predicted octanol–water partition coefficient (Wildman–Crippen LogP) is 13.1. The highest BCUT2D eigenvalue weighted by molar-refractivity contribution is 7.86. The van der Waals surface area contributed by atoms with E-state index in [1.165, 1.54) is 0 Å². The lowest BCUT2D eigenvalue weighted by atomic mass is 9.98. The summed E-state index contributed by atoms with van der Waals surface area (Å²) < 4.78 is 33.6. The summed E-state index contributed by atoms with van der Waals surface area (Å²) in [7, 11) is -6.54. The van der Waals surface area contributed by atoms with Gasteiger partial charge in [-0.15, -0.1) is 0 Å². The monoisotopic (exact) mass is 921 g/mol. The number of aromatic nitrogens is 3. The molecule has 1 atom stereocenters. The maximum absolute atomic E-state index is 15.7. The van der Waals surface area contributed by atoms with Crippen LogP contribution in [0.25, 0.3) is 82.3 Å². The molecule has 0 N–H and O–H groups in total. The lowest BCUT2D eigenvalue weighted by Gasteiger charge is -2.22. The van der Waals surface area contributed by atoms with Gasteiger partial charge in [0.15, 0.2) is 14.3 Å². The molecular weight excluding hydrogens is 881 g/mol. The van der Waals surface area contributed by atoms with Gasteiger partial charge in [-0.05, 0) is 80.5 Å². The number of imidazole rings is 1. The van der Waals surface area contributed by atoms with Gasteiger partial charge >= 0.3 is 0 Å². The van der Waals surface area contributed by atoms with Crippen molar-refractivity contribution >= 4 is 106 Å². The van der Waals surface area contributed by atoms with Gasteiger partial charge in [-0.1, -0.05) is 200 Å². The summed E-state index contributed by atoms with van der Waals surface area (Å²) in [6.07, 6.45) is 1.80. The fourth-order valence-electron chi connectivity index (χ4n) is 10.4. The van der Waals surface area contributed by atoms with Crippen LogP contribution in [0.2, 0.25) is 0 Å². The molecule has 0 radical (unpaired) electrons. The van der Waals surface area contributed by atoms with Crippen molar-refractivity contribution in [3.05, 3.63) is 249 Å². The summed E-state index contributed by atoms with van der Waals surface area (Å²) >= 11 is 0. The molecule has 0 amide bonds. The standard InChI is InChI=1S/C62H41N3O2P2/c66-68(46-18-4-1-5-19-46,49-31-28-42-16-10-11-17-43(42)38-49)50-32-36-57(63-41-50)45-29-33-54-53-25-13-15-27-56(53)62-64-58-35-30-44(39-60(58)65(62)59(54)40-45)51-34-37-61(55-26-14-12-24-52(51)55)69(67,47-20-6-2-7-21-47)48-22-8-3-9-23-48/h1-41H. The first kappa shape index (κ1) is 41.0. The van der Waals surface area contributed by atoms with E-state index < -0.39 is 14.3 Å². The molecule has 0 fully saturated rings. The Bertz CT molecular complexity index is 4210. The van der Waals surface area contributed by atoms with Crippen LogP contribution < -0.4 is 31.8 Å². The van der Waals surface area contributed by atoms with Gasteiger partial charge in [-0.3, -0.25) is 9.38 Å². The van der Waals surface area contributed by atoms with Gasteiger partial charge in [0.2, 0.25) is 0 Å². The van der Waals surface area contributed by atoms with Crippen LogP contribution in [-0.4, -0.2) is 14.4 Å². The molecule has 10 aromatic carbocycles. The molecule has 0 saturated heterocycles. The Morgan fingerprint density at radius 3 is 1.64 bits per heavy atom. The molecule has 0 aliphatic carbocycles. The molecule has 13 rings (SSSR count). The van der Waals surface area contributed by atoms with E-state index in [0.29, 0.717) is 5.30 Å². The van der Waals surface area contributed by atoms with Gasteiger partial charge < -0.3 is 9.13 Å². The van der Waals surface area contributed by atoms with Crippen LogP contribution in [0.4, 0.5) is 0 Å². The van der Waals surface area contributed by atoms with Gasteiger partial charge in [0.05, 0.1) is 22.2 Å². The summed E-state index contributed by atoms with van der Waals surface area (Å²) in [4.78, 5) is 10.4. The van der Waals surface area contributed by atoms with Gasteiger partial charge in [0.1, 0.15) is 5.65 Å². The Morgan fingerprint density at radius 2 is 0.942 bits per heavy atom. The van der Waals surface area contributed by atoms with Crippen molar-refractivity contribution in [2.45, 2.75) is 0 Å². The van der Waals surface area contributed by atoms with Crippen molar-refractivity contribution in [3.63, 3.8) is 0 Å². The van der Waals surface area contributed by atoms with Crippen LogP contribution in [0.15, 0.2) is 249 Å². The molecule has 3 aromatic heterocycles. The third kappa shape index (κ3) is 6.54. The van der Waals surface area contributed by atoms with Crippen molar-refractivity contribution in [1.29, 1.82) is 0 Å². The molecular formula is C62H41N3O2P2. The molecule has 0 saturated carbocycles. The topological polar surface area (TPSA) is 64.3 Å². The normalized spacial score (nSPS) is 12.9. The molecule has 7 heteroatoms. The number of benzene rings is 10. The average Bonchev–Trinajstić information content (AvgIpc) is 3.82. The second-order valence-electron chi connectivity index (χ2n) is 17.6. The number of hydrogen-bond acceptors (Lipinski definition) is 4. The van der Waals surface area contributed by atoms with E-state index in [-0.39, 0.29) is 0 Å². The first-order valence-corrected chi connectivity index (χ1v) is 26.5. The fraction of sp³-hybridized carbons (Fsp3) is 0. The fourth-order valence-corrected chi connectivity index (χ4v) is 15.9. The van der Waals surface area contributed by atoms with Crippen LogP contribution in [0.3, 0.4) is 0 Å². The molecule has 0 aliphatic heterocycles. The highest BCUT2D eigenvalue weighted by Gasteiger charge is 2.33. The number of hydrogen-bond donors (Lipinski definition) is 0. The van der Waals surface area contributed by atoms with Crippen LogP contribution >= 0.6 is 14.3 Å². The lowest BCUT2D eigenvalue weighted by molar-refractivity contribution is 0.591. The Labute approximate surface area is 398 Å². The Kier molecular flexibility index (Phi) is 9.66. The molecule has 1 unspecified atom stereocenters. The van der Waals surface area contributed by atoms with Crippen LogP contribution in [-0.2, 0) is 9.13 Å². The zero-order valence-electron chi connectivity index (χ0n) is 37.2. The molecule has 69 heavy (non-hydrogen) atoms. The number of pyridine rings is 2. The summed E-state index contributed by atoms with van der Waals surface area (Å²) in [5.74, 6) is 0. The smallest absolute Gasteiger partial charge is 0.172 e. The zero-order valence-corrected chi connectivity index (χ0v) is 39.0. The number of nitrogens with zero attached hydrogens (tertiary/aromatic N) is 3. The molecule has 326 valence electrons. The first-order chi connectivity index (χ1) is 34.0. The van der Waals surface area contributed by atoms with E-state index in [1.807, 2.05) is 127 Å². The van der Waals surface area contributed by atoms with Crippen LogP contribution in [0, 0.1) is 0 Å². The van der Waals surface area contributed by atoms with Gasteiger partial charge in [0, 0.05) is 54.4 Å². The van der Waals surface area contributed by atoms with Crippen LogP contribution in [0.1, 0.15) is 0 Å². The molecule has 13 aromatic rings. The molecule has 5 nitrogen and oxygen atoms in total. The first-order valence-electron chi connectivity index (χ1n) is 23.1. The molecule has 0 aliphatic rings. The second kappa shape index (κ2) is 16.2.